The average molecular weight is 524 g/mol. The number of amides is 1. The molecule has 200 valence electrons. The Hall–Kier alpha value is -3.84. The summed E-state index contributed by atoms with van der Waals surface area (Å²) in [5.74, 6) is 0.176. The molecule has 1 aromatic carbocycles. The van der Waals surface area contributed by atoms with Crippen molar-refractivity contribution in [1.29, 1.82) is 0 Å². The van der Waals surface area contributed by atoms with Crippen molar-refractivity contribution in [2.24, 2.45) is 7.05 Å². The van der Waals surface area contributed by atoms with E-state index in [-0.39, 0.29) is 29.9 Å². The molecule has 0 radical (unpaired) electrons. The number of hydrogen-bond acceptors (Lipinski definition) is 6. The van der Waals surface area contributed by atoms with Gasteiger partial charge in [-0.3, -0.25) is 14.2 Å². The predicted molar refractivity (Wildman–Crippen MR) is 141 cm³/mol. The standard InChI is InChI=1S/C28H31F2N5O3/c1-7-23(19-9-8-10-21(16(19)2)27(5,29)30)33-24-20-15-22(26(37)34(6)25(20)32-17(3)31-24)28(38)11-13-35(14-12-28)18(4)36/h1,8-10,15,23,38H,11-14H2,2-6H3,(H,31,32,33). The summed E-state index contributed by atoms with van der Waals surface area (Å²) in [6, 6.07) is 5.36. The molecule has 0 saturated carbocycles. The van der Waals surface area contributed by atoms with Crippen LogP contribution in [0.5, 0.6) is 0 Å². The summed E-state index contributed by atoms with van der Waals surface area (Å²) in [4.78, 5) is 35.7. The zero-order valence-corrected chi connectivity index (χ0v) is 22.1. The number of hydrogen-bond donors (Lipinski definition) is 2. The summed E-state index contributed by atoms with van der Waals surface area (Å²) in [5.41, 5.74) is -0.596. The first-order chi connectivity index (χ1) is 17.8. The molecule has 1 atom stereocenters. The number of fused-ring (bicyclic) bond motifs is 1. The van der Waals surface area contributed by atoms with Gasteiger partial charge < -0.3 is 15.3 Å². The lowest BCUT2D eigenvalue weighted by Gasteiger charge is -2.38. The van der Waals surface area contributed by atoms with Crippen molar-refractivity contribution >= 4 is 22.8 Å². The Bertz CT molecular complexity index is 1510. The van der Waals surface area contributed by atoms with E-state index >= 15 is 0 Å². The van der Waals surface area contributed by atoms with E-state index in [1.165, 1.54) is 23.6 Å². The predicted octanol–water partition coefficient (Wildman–Crippen LogP) is 3.67. The van der Waals surface area contributed by atoms with E-state index in [0.29, 0.717) is 46.9 Å². The van der Waals surface area contributed by atoms with Gasteiger partial charge in [-0.1, -0.05) is 24.1 Å². The van der Waals surface area contributed by atoms with Crippen LogP contribution in [0.15, 0.2) is 29.1 Å². The molecule has 1 unspecified atom stereocenters. The monoisotopic (exact) mass is 523 g/mol. The van der Waals surface area contributed by atoms with Gasteiger partial charge in [0.2, 0.25) is 5.91 Å². The molecule has 2 aromatic heterocycles. The number of benzene rings is 1. The number of likely N-dealkylation sites (tertiary alicyclic amines) is 1. The number of nitrogens with one attached hydrogen (secondary N) is 1. The first-order valence-electron chi connectivity index (χ1n) is 12.3. The highest BCUT2D eigenvalue weighted by atomic mass is 19.3. The maximum absolute atomic E-state index is 14.2. The number of rotatable bonds is 5. The minimum Gasteiger partial charge on any atom is -0.385 e. The SMILES string of the molecule is C#CC(Nc1nc(C)nc2c1cc(C1(O)CCN(C(C)=O)CC1)c(=O)n2C)c1cccc(C(C)(F)F)c1C. The Morgan fingerprint density at radius 1 is 1.26 bits per heavy atom. The highest BCUT2D eigenvalue weighted by Gasteiger charge is 2.38. The molecule has 0 aliphatic carbocycles. The van der Waals surface area contributed by atoms with Gasteiger partial charge in [0.05, 0.1) is 11.0 Å². The molecule has 1 saturated heterocycles. The summed E-state index contributed by atoms with van der Waals surface area (Å²) in [6.45, 7) is 6.22. The number of aromatic nitrogens is 3. The summed E-state index contributed by atoms with van der Waals surface area (Å²) in [7, 11) is 1.56. The largest absolute Gasteiger partial charge is 0.385 e. The van der Waals surface area contributed by atoms with Crippen LogP contribution < -0.4 is 10.9 Å². The molecule has 0 bridgehead atoms. The minimum absolute atomic E-state index is 0.0886. The van der Waals surface area contributed by atoms with Gasteiger partial charge >= 0.3 is 0 Å². The van der Waals surface area contributed by atoms with Crippen LogP contribution in [0.3, 0.4) is 0 Å². The maximum Gasteiger partial charge on any atom is 0.270 e. The van der Waals surface area contributed by atoms with Crippen molar-refractivity contribution in [3.63, 3.8) is 0 Å². The first-order valence-corrected chi connectivity index (χ1v) is 12.3. The molecule has 1 aliphatic rings. The number of pyridine rings is 1. The molecule has 38 heavy (non-hydrogen) atoms. The third-order valence-corrected chi connectivity index (χ3v) is 7.32. The van der Waals surface area contributed by atoms with Crippen molar-refractivity contribution < 1.29 is 18.7 Å². The summed E-state index contributed by atoms with van der Waals surface area (Å²) in [5, 5.41) is 15.1. The van der Waals surface area contributed by atoms with Gasteiger partial charge in [-0.2, -0.15) is 0 Å². The number of nitrogens with zero attached hydrogens (tertiary/aromatic N) is 4. The molecule has 8 nitrogen and oxygen atoms in total. The summed E-state index contributed by atoms with van der Waals surface area (Å²) < 4.78 is 29.7. The van der Waals surface area contributed by atoms with E-state index in [4.69, 9.17) is 6.42 Å². The Morgan fingerprint density at radius 3 is 2.50 bits per heavy atom. The number of carbonyl (C=O) groups excluding carboxylic acids is 1. The lowest BCUT2D eigenvalue weighted by Crippen LogP contribution is -2.47. The van der Waals surface area contributed by atoms with Crippen molar-refractivity contribution in [2.45, 2.75) is 58.1 Å². The normalized spacial score (nSPS) is 16.2. The van der Waals surface area contributed by atoms with Gasteiger partial charge in [0.25, 0.3) is 11.5 Å². The molecular weight excluding hydrogens is 492 g/mol. The van der Waals surface area contributed by atoms with Crippen LogP contribution in [0.1, 0.15) is 60.8 Å². The maximum atomic E-state index is 14.2. The number of alkyl halides is 2. The van der Waals surface area contributed by atoms with Crippen molar-refractivity contribution in [3.05, 3.63) is 62.7 Å². The van der Waals surface area contributed by atoms with Crippen LogP contribution in [0.4, 0.5) is 14.6 Å². The Kier molecular flexibility index (Phi) is 7.01. The first kappa shape index (κ1) is 27.2. The van der Waals surface area contributed by atoms with Crippen LogP contribution in [0, 0.1) is 26.2 Å². The van der Waals surface area contributed by atoms with Gasteiger partial charge in [-0.15, -0.1) is 6.42 Å². The molecule has 4 rings (SSSR count). The third kappa shape index (κ3) is 4.86. The molecule has 10 heteroatoms. The Morgan fingerprint density at radius 2 is 1.92 bits per heavy atom. The second kappa shape index (κ2) is 9.80. The van der Waals surface area contributed by atoms with E-state index in [1.807, 2.05) is 0 Å². The lowest BCUT2D eigenvalue weighted by atomic mass is 9.84. The molecule has 1 aliphatic heterocycles. The van der Waals surface area contributed by atoms with Crippen LogP contribution in [0.2, 0.25) is 0 Å². The molecular formula is C28H31F2N5O3. The fourth-order valence-corrected chi connectivity index (χ4v) is 5.13. The summed E-state index contributed by atoms with van der Waals surface area (Å²) in [6.07, 6.45) is 6.25. The lowest BCUT2D eigenvalue weighted by molar-refractivity contribution is -0.133. The smallest absolute Gasteiger partial charge is 0.270 e. The highest BCUT2D eigenvalue weighted by Crippen LogP contribution is 2.36. The molecule has 1 fully saturated rings. The van der Waals surface area contributed by atoms with Gasteiger partial charge in [0.1, 0.15) is 23.3 Å². The third-order valence-electron chi connectivity index (χ3n) is 7.32. The van der Waals surface area contributed by atoms with Crippen molar-refractivity contribution in [2.75, 3.05) is 18.4 Å². The van der Waals surface area contributed by atoms with Crippen molar-refractivity contribution in [1.82, 2.24) is 19.4 Å². The van der Waals surface area contributed by atoms with E-state index in [1.54, 1.807) is 37.9 Å². The average Bonchev–Trinajstić information content (AvgIpc) is 2.84. The number of aryl methyl sites for hydroxylation is 2. The van der Waals surface area contributed by atoms with E-state index < -0.39 is 23.1 Å². The molecule has 2 N–H and O–H groups in total. The van der Waals surface area contributed by atoms with Gasteiger partial charge in [0.15, 0.2) is 0 Å². The number of anilines is 1. The highest BCUT2D eigenvalue weighted by molar-refractivity contribution is 5.88. The zero-order valence-electron chi connectivity index (χ0n) is 22.1. The topological polar surface area (TPSA) is 100 Å². The number of piperidine rings is 1. The fraction of sp³-hybridized carbons (Fsp3) is 0.429. The minimum atomic E-state index is -3.04. The van der Waals surface area contributed by atoms with Crippen LogP contribution in [0.25, 0.3) is 11.0 Å². The van der Waals surface area contributed by atoms with Crippen LogP contribution >= 0.6 is 0 Å². The quantitative estimate of drug-likeness (QED) is 0.495. The van der Waals surface area contributed by atoms with Crippen molar-refractivity contribution in [3.8, 4) is 12.3 Å². The number of carbonyl (C=O) groups is 1. The number of aliphatic hydroxyl groups is 1. The van der Waals surface area contributed by atoms with Gasteiger partial charge in [-0.25, -0.2) is 18.7 Å². The number of halogens is 2. The van der Waals surface area contributed by atoms with E-state index in [0.717, 1.165) is 6.92 Å². The number of terminal acetylenes is 1. The fourth-order valence-electron chi connectivity index (χ4n) is 5.13. The van der Waals surface area contributed by atoms with Crippen LogP contribution in [-0.4, -0.2) is 43.5 Å². The van der Waals surface area contributed by atoms with Crippen LogP contribution in [-0.2, 0) is 23.4 Å². The second-order valence-corrected chi connectivity index (χ2v) is 9.97. The van der Waals surface area contributed by atoms with Gasteiger partial charge in [0, 0.05) is 45.1 Å². The molecule has 3 aromatic rings. The molecule has 1 amide bonds. The summed E-state index contributed by atoms with van der Waals surface area (Å²) >= 11 is 0. The molecule has 3 heterocycles. The second-order valence-electron chi connectivity index (χ2n) is 9.97. The zero-order chi connectivity index (χ0) is 28.0. The van der Waals surface area contributed by atoms with E-state index in [2.05, 4.69) is 21.2 Å². The van der Waals surface area contributed by atoms with E-state index in [9.17, 15) is 23.5 Å². The molecule has 0 spiro atoms. The Labute approximate surface area is 219 Å². The van der Waals surface area contributed by atoms with Gasteiger partial charge in [-0.05, 0) is 43.9 Å². The Balaban J connectivity index is 1.82.